The summed E-state index contributed by atoms with van der Waals surface area (Å²) >= 11 is 13.1. The average molecular weight is 298 g/mol. The molecule has 0 aliphatic rings. The van der Waals surface area contributed by atoms with Crippen LogP contribution in [0.4, 0.5) is 0 Å². The number of aryl methyl sites for hydroxylation is 1. The number of halogens is 2. The van der Waals surface area contributed by atoms with Gasteiger partial charge in [-0.25, -0.2) is 4.98 Å². The van der Waals surface area contributed by atoms with Gasteiger partial charge in [0.05, 0.1) is 26.1 Å². The molecule has 1 aromatic heterocycles. The maximum atomic E-state index is 11.9. The van der Waals surface area contributed by atoms with E-state index in [0.717, 1.165) is 11.3 Å². The van der Waals surface area contributed by atoms with Crippen LogP contribution in [-0.2, 0) is 0 Å². The Hall–Kier alpha value is -1.16. The molecule has 0 N–H and O–H groups in total. The Labute approximate surface area is 119 Å². The largest absolute Gasteiger partial charge is 0.288 e. The number of hydrogen-bond acceptors (Lipinski definition) is 3. The lowest BCUT2D eigenvalue weighted by Crippen LogP contribution is -1.93. The van der Waals surface area contributed by atoms with Gasteiger partial charge < -0.3 is 0 Å². The molecule has 2 rings (SSSR count). The second-order valence-electron chi connectivity index (χ2n) is 3.64. The number of benzene rings is 1. The monoisotopic (exact) mass is 297 g/mol. The summed E-state index contributed by atoms with van der Waals surface area (Å²) in [7, 11) is 0. The van der Waals surface area contributed by atoms with Crippen molar-refractivity contribution in [2.45, 2.75) is 6.92 Å². The van der Waals surface area contributed by atoms with Crippen LogP contribution in [0, 0.1) is 6.92 Å². The zero-order valence-corrected chi connectivity index (χ0v) is 11.8. The normalized spacial score (nSPS) is 11.1. The zero-order valence-electron chi connectivity index (χ0n) is 9.48. The predicted octanol–water partition coefficient (Wildman–Crippen LogP) is 4.65. The SMILES string of the molecule is Cc1ncsc1C(=O)/C=C/c1ccc(Cl)c(Cl)c1. The second-order valence-corrected chi connectivity index (χ2v) is 5.31. The fourth-order valence-electron chi connectivity index (χ4n) is 1.40. The maximum Gasteiger partial charge on any atom is 0.197 e. The summed E-state index contributed by atoms with van der Waals surface area (Å²) in [5, 5.41) is 0.971. The lowest BCUT2D eigenvalue weighted by molar-refractivity contribution is 0.105. The Bertz CT molecular complexity index is 619. The Balaban J connectivity index is 2.18. The molecule has 0 saturated carbocycles. The van der Waals surface area contributed by atoms with Crippen LogP contribution >= 0.6 is 34.5 Å². The van der Waals surface area contributed by atoms with Crippen molar-refractivity contribution in [1.29, 1.82) is 0 Å². The molecule has 0 atom stereocenters. The Morgan fingerprint density at radius 2 is 2.11 bits per heavy atom. The zero-order chi connectivity index (χ0) is 13.1. The molecule has 2 nitrogen and oxygen atoms in total. The highest BCUT2D eigenvalue weighted by Gasteiger charge is 2.08. The summed E-state index contributed by atoms with van der Waals surface area (Å²) in [5.74, 6) is -0.0546. The summed E-state index contributed by atoms with van der Waals surface area (Å²) in [6.45, 7) is 1.82. The summed E-state index contributed by atoms with van der Waals surface area (Å²) in [6.07, 6.45) is 3.23. The minimum Gasteiger partial charge on any atom is -0.288 e. The molecule has 5 heteroatoms. The van der Waals surface area contributed by atoms with E-state index in [9.17, 15) is 4.79 Å². The molecule has 92 valence electrons. The fourth-order valence-corrected chi connectivity index (χ4v) is 2.43. The van der Waals surface area contributed by atoms with Gasteiger partial charge in [0.2, 0.25) is 0 Å². The van der Waals surface area contributed by atoms with Crippen LogP contribution < -0.4 is 0 Å². The van der Waals surface area contributed by atoms with Gasteiger partial charge in [-0.2, -0.15) is 0 Å². The standard InChI is InChI=1S/C13H9Cl2NOS/c1-8-13(18-7-16-8)12(17)5-3-9-2-4-10(14)11(15)6-9/h2-7H,1H3/b5-3+. The van der Waals surface area contributed by atoms with Crippen molar-refractivity contribution in [3.63, 3.8) is 0 Å². The molecule has 0 aliphatic heterocycles. The average Bonchev–Trinajstić information content (AvgIpc) is 2.77. The number of aromatic nitrogens is 1. The van der Waals surface area contributed by atoms with E-state index in [0.29, 0.717) is 14.9 Å². The summed E-state index contributed by atoms with van der Waals surface area (Å²) in [5.41, 5.74) is 3.25. The van der Waals surface area contributed by atoms with Gasteiger partial charge in [-0.3, -0.25) is 4.79 Å². The van der Waals surface area contributed by atoms with Crippen molar-refractivity contribution in [2.24, 2.45) is 0 Å². The van der Waals surface area contributed by atoms with Crippen molar-refractivity contribution in [2.75, 3.05) is 0 Å². The third-order valence-corrected chi connectivity index (χ3v) is 4.02. The first-order valence-electron chi connectivity index (χ1n) is 5.15. The molecule has 1 heterocycles. The number of allylic oxidation sites excluding steroid dienone is 1. The van der Waals surface area contributed by atoms with Crippen LogP contribution in [0.2, 0.25) is 10.0 Å². The number of rotatable bonds is 3. The van der Waals surface area contributed by atoms with Crippen LogP contribution in [-0.4, -0.2) is 10.8 Å². The number of carbonyl (C=O) groups excluding carboxylic acids is 1. The Morgan fingerprint density at radius 1 is 1.33 bits per heavy atom. The molecule has 0 bridgehead atoms. The van der Waals surface area contributed by atoms with E-state index in [-0.39, 0.29) is 5.78 Å². The number of nitrogens with zero attached hydrogens (tertiary/aromatic N) is 1. The summed E-state index contributed by atoms with van der Waals surface area (Å²) in [6, 6.07) is 5.22. The first kappa shape index (κ1) is 13.3. The molecule has 0 saturated heterocycles. The molecule has 2 aromatic rings. The molecule has 0 amide bonds. The van der Waals surface area contributed by atoms with Gasteiger partial charge in [0.15, 0.2) is 5.78 Å². The molecule has 18 heavy (non-hydrogen) atoms. The third-order valence-electron chi connectivity index (χ3n) is 2.34. The molecule has 0 unspecified atom stereocenters. The molecule has 0 radical (unpaired) electrons. The lowest BCUT2D eigenvalue weighted by Gasteiger charge is -1.97. The lowest BCUT2D eigenvalue weighted by atomic mass is 10.2. The molecule has 1 aromatic carbocycles. The third kappa shape index (κ3) is 2.99. The van der Waals surface area contributed by atoms with Gasteiger partial charge >= 0.3 is 0 Å². The minimum absolute atomic E-state index is 0.0546. The van der Waals surface area contributed by atoms with Crippen molar-refractivity contribution in [1.82, 2.24) is 4.98 Å². The number of thiazole rings is 1. The van der Waals surface area contributed by atoms with Crippen LogP contribution in [0.1, 0.15) is 20.9 Å². The van der Waals surface area contributed by atoms with E-state index >= 15 is 0 Å². The van der Waals surface area contributed by atoms with E-state index in [1.54, 1.807) is 29.8 Å². The van der Waals surface area contributed by atoms with Crippen LogP contribution in [0.25, 0.3) is 6.08 Å². The van der Waals surface area contributed by atoms with Gasteiger partial charge in [0.25, 0.3) is 0 Å². The van der Waals surface area contributed by atoms with Crippen LogP contribution in [0.3, 0.4) is 0 Å². The molecule has 0 aliphatic carbocycles. The molecule has 0 spiro atoms. The van der Waals surface area contributed by atoms with E-state index < -0.39 is 0 Å². The van der Waals surface area contributed by atoms with Crippen LogP contribution in [0.15, 0.2) is 29.8 Å². The molecular weight excluding hydrogens is 289 g/mol. The first-order chi connectivity index (χ1) is 8.58. The van der Waals surface area contributed by atoms with Crippen molar-refractivity contribution in [3.05, 3.63) is 56.0 Å². The minimum atomic E-state index is -0.0546. The second kappa shape index (κ2) is 5.65. The van der Waals surface area contributed by atoms with E-state index in [2.05, 4.69) is 4.98 Å². The maximum absolute atomic E-state index is 11.9. The highest BCUT2D eigenvalue weighted by atomic mass is 35.5. The van der Waals surface area contributed by atoms with E-state index in [4.69, 9.17) is 23.2 Å². The van der Waals surface area contributed by atoms with E-state index in [1.807, 2.05) is 6.92 Å². The highest BCUT2D eigenvalue weighted by Crippen LogP contribution is 2.23. The van der Waals surface area contributed by atoms with Gasteiger partial charge in [0, 0.05) is 0 Å². The van der Waals surface area contributed by atoms with Crippen molar-refractivity contribution < 1.29 is 4.79 Å². The number of hydrogen-bond donors (Lipinski definition) is 0. The summed E-state index contributed by atoms with van der Waals surface area (Å²) < 4.78 is 0. The molecule has 0 fully saturated rings. The Morgan fingerprint density at radius 3 is 2.72 bits per heavy atom. The van der Waals surface area contributed by atoms with Gasteiger partial charge in [-0.05, 0) is 30.7 Å². The van der Waals surface area contributed by atoms with Gasteiger partial charge in [-0.1, -0.05) is 35.3 Å². The van der Waals surface area contributed by atoms with Crippen LogP contribution in [0.5, 0.6) is 0 Å². The Kier molecular flexibility index (Phi) is 4.17. The number of ketones is 1. The number of carbonyl (C=O) groups is 1. The van der Waals surface area contributed by atoms with E-state index in [1.165, 1.54) is 17.4 Å². The van der Waals surface area contributed by atoms with Crippen molar-refractivity contribution >= 4 is 46.4 Å². The summed E-state index contributed by atoms with van der Waals surface area (Å²) in [4.78, 5) is 16.6. The first-order valence-corrected chi connectivity index (χ1v) is 6.79. The smallest absolute Gasteiger partial charge is 0.197 e. The highest BCUT2D eigenvalue weighted by molar-refractivity contribution is 7.12. The predicted molar refractivity (Wildman–Crippen MR) is 76.7 cm³/mol. The topological polar surface area (TPSA) is 30.0 Å². The van der Waals surface area contributed by atoms with Gasteiger partial charge in [-0.15, -0.1) is 11.3 Å². The quantitative estimate of drug-likeness (QED) is 0.609. The van der Waals surface area contributed by atoms with Crippen molar-refractivity contribution in [3.8, 4) is 0 Å². The van der Waals surface area contributed by atoms with Gasteiger partial charge in [0.1, 0.15) is 0 Å². The fraction of sp³-hybridized carbons (Fsp3) is 0.0769. The molecular formula is C13H9Cl2NOS.